The van der Waals surface area contributed by atoms with E-state index in [1.807, 2.05) is 30.3 Å². The normalized spacial score (nSPS) is 14.1. The van der Waals surface area contributed by atoms with Gasteiger partial charge in [0.25, 0.3) is 5.91 Å². The molecule has 0 aliphatic carbocycles. The van der Waals surface area contributed by atoms with Crippen LogP contribution in [-0.2, 0) is 13.0 Å². The minimum absolute atomic E-state index is 0.281. The summed E-state index contributed by atoms with van der Waals surface area (Å²) in [7, 11) is 2.09. The molecular formula is C20H18N6OS2. The zero-order valence-corrected chi connectivity index (χ0v) is 17.3. The van der Waals surface area contributed by atoms with Gasteiger partial charge in [-0.2, -0.15) is 0 Å². The second-order valence-corrected chi connectivity index (χ2v) is 8.99. The number of fused-ring (bicyclic) bond motifs is 2. The van der Waals surface area contributed by atoms with E-state index in [1.54, 1.807) is 0 Å². The number of benzene rings is 1. The molecule has 29 heavy (non-hydrogen) atoms. The summed E-state index contributed by atoms with van der Waals surface area (Å²) in [5.41, 5.74) is 10.0. The minimum atomic E-state index is -0.281. The van der Waals surface area contributed by atoms with Crippen molar-refractivity contribution >= 4 is 49.6 Å². The van der Waals surface area contributed by atoms with Crippen LogP contribution in [0.15, 0.2) is 36.4 Å². The summed E-state index contributed by atoms with van der Waals surface area (Å²) in [4.78, 5) is 21.1. The number of hydrogen-bond acceptors (Lipinski definition) is 8. The average molecular weight is 423 g/mol. The number of anilines is 2. The molecule has 0 unspecified atom stereocenters. The van der Waals surface area contributed by atoms with Crippen molar-refractivity contribution < 1.29 is 4.79 Å². The van der Waals surface area contributed by atoms with Crippen molar-refractivity contribution in [3.8, 4) is 10.6 Å². The first-order valence-electron chi connectivity index (χ1n) is 9.18. The maximum absolute atomic E-state index is 12.8. The van der Waals surface area contributed by atoms with Crippen LogP contribution in [0.1, 0.15) is 20.9 Å². The van der Waals surface area contributed by atoms with Crippen LogP contribution in [0.3, 0.4) is 0 Å². The zero-order chi connectivity index (χ0) is 20.0. The summed E-state index contributed by atoms with van der Waals surface area (Å²) >= 11 is 2.65. The topological polar surface area (TPSA) is 97.0 Å². The molecule has 0 bridgehead atoms. The molecule has 4 aromatic rings. The molecule has 146 valence electrons. The third kappa shape index (κ3) is 3.37. The molecule has 0 atom stereocenters. The van der Waals surface area contributed by atoms with Crippen LogP contribution in [0.2, 0.25) is 0 Å². The van der Waals surface area contributed by atoms with E-state index in [0.29, 0.717) is 15.7 Å². The van der Waals surface area contributed by atoms with Crippen LogP contribution in [0.4, 0.5) is 10.8 Å². The second kappa shape index (κ2) is 7.18. The second-order valence-electron chi connectivity index (χ2n) is 7.01. The number of nitrogen functional groups attached to an aromatic ring is 1. The van der Waals surface area contributed by atoms with Crippen molar-refractivity contribution in [2.45, 2.75) is 13.0 Å². The zero-order valence-electron chi connectivity index (χ0n) is 15.7. The average Bonchev–Trinajstić information content (AvgIpc) is 3.32. The maximum atomic E-state index is 12.8. The number of carbonyl (C=O) groups excluding carboxylic acids is 1. The van der Waals surface area contributed by atoms with E-state index >= 15 is 0 Å². The van der Waals surface area contributed by atoms with Gasteiger partial charge in [0.1, 0.15) is 14.7 Å². The van der Waals surface area contributed by atoms with Crippen LogP contribution < -0.4 is 11.1 Å². The number of amides is 1. The quantitative estimate of drug-likeness (QED) is 0.523. The Labute approximate surface area is 175 Å². The Balaban J connectivity index is 1.43. The molecule has 0 saturated carbocycles. The molecule has 4 heterocycles. The maximum Gasteiger partial charge on any atom is 0.269 e. The number of carbonyl (C=O) groups is 1. The first kappa shape index (κ1) is 18.2. The first-order chi connectivity index (χ1) is 14.1. The van der Waals surface area contributed by atoms with Crippen LogP contribution >= 0.6 is 22.7 Å². The lowest BCUT2D eigenvalue weighted by atomic mass is 10.0. The number of thiophene rings is 1. The Morgan fingerprint density at radius 3 is 2.86 bits per heavy atom. The lowest BCUT2D eigenvalue weighted by Crippen LogP contribution is -2.27. The van der Waals surface area contributed by atoms with Gasteiger partial charge in [-0.3, -0.25) is 10.1 Å². The van der Waals surface area contributed by atoms with Crippen LogP contribution in [0.25, 0.3) is 20.8 Å². The number of hydrogen-bond donors (Lipinski definition) is 2. The highest BCUT2D eigenvalue weighted by Crippen LogP contribution is 2.36. The number of likely N-dealkylation sites (N-methyl/N-ethyl adjacent to an activating group) is 1. The molecule has 5 rings (SSSR count). The highest BCUT2D eigenvalue weighted by Gasteiger charge is 2.22. The summed E-state index contributed by atoms with van der Waals surface area (Å²) in [6.07, 6.45) is 0.911. The van der Waals surface area contributed by atoms with Crippen LogP contribution in [-0.4, -0.2) is 39.6 Å². The molecule has 0 spiro atoms. The van der Waals surface area contributed by atoms with Gasteiger partial charge in [-0.1, -0.05) is 41.7 Å². The molecule has 9 heteroatoms. The van der Waals surface area contributed by atoms with Gasteiger partial charge in [-0.15, -0.1) is 21.5 Å². The summed E-state index contributed by atoms with van der Waals surface area (Å²) in [6, 6.07) is 11.8. The van der Waals surface area contributed by atoms with E-state index in [2.05, 4.69) is 33.5 Å². The molecule has 0 radical (unpaired) electrons. The van der Waals surface area contributed by atoms with Gasteiger partial charge in [-0.25, -0.2) is 4.98 Å². The highest BCUT2D eigenvalue weighted by molar-refractivity contribution is 7.21. The lowest BCUT2D eigenvalue weighted by molar-refractivity contribution is 0.103. The number of rotatable bonds is 3. The Morgan fingerprint density at radius 2 is 2.03 bits per heavy atom. The predicted molar refractivity (Wildman–Crippen MR) is 117 cm³/mol. The van der Waals surface area contributed by atoms with Gasteiger partial charge in [0.15, 0.2) is 0 Å². The number of aromatic nitrogens is 3. The van der Waals surface area contributed by atoms with Crippen molar-refractivity contribution in [2.75, 3.05) is 24.6 Å². The van der Waals surface area contributed by atoms with E-state index in [0.717, 1.165) is 46.0 Å². The van der Waals surface area contributed by atoms with Crippen molar-refractivity contribution in [1.29, 1.82) is 0 Å². The highest BCUT2D eigenvalue weighted by atomic mass is 32.1. The molecule has 3 N–H and O–H groups in total. The number of nitrogens with two attached hydrogens (primary N) is 1. The summed E-state index contributed by atoms with van der Waals surface area (Å²) < 4.78 is 0. The Hall–Kier alpha value is -2.88. The van der Waals surface area contributed by atoms with E-state index < -0.39 is 0 Å². The van der Waals surface area contributed by atoms with Crippen molar-refractivity contribution in [3.05, 3.63) is 52.5 Å². The Morgan fingerprint density at radius 1 is 1.21 bits per heavy atom. The van der Waals surface area contributed by atoms with Crippen molar-refractivity contribution in [3.63, 3.8) is 0 Å². The number of nitrogens with one attached hydrogen (secondary N) is 1. The molecule has 1 amide bonds. The molecule has 1 aliphatic rings. The smallest absolute Gasteiger partial charge is 0.269 e. The largest absolute Gasteiger partial charge is 0.397 e. The van der Waals surface area contributed by atoms with E-state index in [9.17, 15) is 4.79 Å². The Kier molecular flexibility index (Phi) is 4.50. The van der Waals surface area contributed by atoms with Crippen LogP contribution in [0.5, 0.6) is 0 Å². The molecular weight excluding hydrogens is 404 g/mol. The summed E-state index contributed by atoms with van der Waals surface area (Å²) in [6.45, 7) is 1.84. The minimum Gasteiger partial charge on any atom is -0.397 e. The van der Waals surface area contributed by atoms with E-state index in [-0.39, 0.29) is 5.91 Å². The first-order valence-corrected chi connectivity index (χ1v) is 10.8. The lowest BCUT2D eigenvalue weighted by Gasteiger charge is -2.24. The van der Waals surface area contributed by atoms with E-state index in [4.69, 9.17) is 10.7 Å². The van der Waals surface area contributed by atoms with Crippen LogP contribution in [0, 0.1) is 0 Å². The van der Waals surface area contributed by atoms with E-state index in [1.165, 1.54) is 28.2 Å². The molecule has 7 nitrogen and oxygen atoms in total. The molecule has 1 aliphatic heterocycles. The summed E-state index contributed by atoms with van der Waals surface area (Å²) in [5.74, 6) is -0.281. The molecule has 0 saturated heterocycles. The summed E-state index contributed by atoms with van der Waals surface area (Å²) in [5, 5.41) is 13.1. The SMILES string of the molecule is CN1CCc2nc3sc(C(=O)Nc4nnc(-c5ccccc5)s4)c(N)c3cc2C1. The molecule has 3 aromatic heterocycles. The van der Waals surface area contributed by atoms with Crippen molar-refractivity contribution in [2.24, 2.45) is 0 Å². The van der Waals surface area contributed by atoms with Gasteiger partial charge in [0.2, 0.25) is 5.13 Å². The third-order valence-corrected chi connectivity index (χ3v) is 6.93. The fourth-order valence-electron chi connectivity index (χ4n) is 3.43. The monoisotopic (exact) mass is 422 g/mol. The standard InChI is InChI=1S/C20H18N6OS2/c1-26-8-7-14-12(10-26)9-13-15(21)16(28-19(13)22-14)17(27)23-20-25-24-18(29-20)11-5-3-2-4-6-11/h2-6,9H,7-8,10,21H2,1H3,(H,23,25,27). The molecule has 1 aromatic carbocycles. The van der Waals surface area contributed by atoms with Gasteiger partial charge in [0, 0.05) is 36.2 Å². The van der Waals surface area contributed by atoms with Gasteiger partial charge in [-0.05, 0) is 18.7 Å². The van der Waals surface area contributed by atoms with Gasteiger partial charge in [0.05, 0.1) is 5.69 Å². The van der Waals surface area contributed by atoms with Gasteiger partial charge < -0.3 is 10.6 Å². The third-order valence-electron chi connectivity index (χ3n) is 4.93. The Bertz CT molecular complexity index is 1220. The van der Waals surface area contributed by atoms with Gasteiger partial charge >= 0.3 is 0 Å². The number of nitrogens with zero attached hydrogens (tertiary/aromatic N) is 4. The fourth-order valence-corrected chi connectivity index (χ4v) is 5.17. The predicted octanol–water partition coefficient (Wildman–Crippen LogP) is 3.64. The number of pyridine rings is 1. The molecule has 0 fully saturated rings. The van der Waals surface area contributed by atoms with Crippen molar-refractivity contribution in [1.82, 2.24) is 20.1 Å². The fraction of sp³-hybridized carbons (Fsp3) is 0.200.